The van der Waals surface area contributed by atoms with Crippen molar-refractivity contribution in [1.29, 1.82) is 0 Å². The van der Waals surface area contributed by atoms with E-state index in [2.05, 4.69) is 62.1 Å². The van der Waals surface area contributed by atoms with Crippen LogP contribution in [0, 0.1) is 0 Å². The van der Waals surface area contributed by atoms with Gasteiger partial charge in [-0.2, -0.15) is 0 Å². The number of hydrogen-bond donors (Lipinski definition) is 2. The summed E-state index contributed by atoms with van der Waals surface area (Å²) in [6.07, 6.45) is 3.94. The van der Waals surface area contributed by atoms with Gasteiger partial charge in [0.15, 0.2) is 0 Å². The maximum absolute atomic E-state index is 11.8. The highest BCUT2D eigenvalue weighted by molar-refractivity contribution is 5.81. The minimum atomic E-state index is -0.157. The molecule has 2 aromatic rings. The topological polar surface area (TPSA) is 78.3 Å². The summed E-state index contributed by atoms with van der Waals surface area (Å²) in [6.45, 7) is 6.33. The minimum absolute atomic E-state index is 0.0273. The third-order valence-corrected chi connectivity index (χ3v) is 6.02. The highest BCUT2D eigenvalue weighted by Gasteiger charge is 2.30. The summed E-state index contributed by atoms with van der Waals surface area (Å²) >= 11 is 0. The lowest BCUT2D eigenvalue weighted by molar-refractivity contribution is -0.122. The molecule has 2 aliphatic heterocycles. The smallest absolute Gasteiger partial charge is 0.236 e. The van der Waals surface area contributed by atoms with Crippen LogP contribution in [-0.4, -0.2) is 83.6 Å². The van der Waals surface area contributed by atoms with Crippen molar-refractivity contribution < 1.29 is 4.79 Å². The van der Waals surface area contributed by atoms with Crippen LogP contribution in [0.1, 0.15) is 24.4 Å². The van der Waals surface area contributed by atoms with Crippen LogP contribution in [0.4, 0.5) is 0 Å². The van der Waals surface area contributed by atoms with Gasteiger partial charge in [-0.25, -0.2) is 4.68 Å². The lowest BCUT2D eigenvalue weighted by Gasteiger charge is -2.20. The summed E-state index contributed by atoms with van der Waals surface area (Å²) in [7, 11) is 3.87. The van der Waals surface area contributed by atoms with E-state index < -0.39 is 0 Å². The predicted octanol–water partition coefficient (Wildman–Crippen LogP) is 0.732. The standard InChI is InChI=1S/C21H31N7O/c1-22-21(29)19-12-18(13-23-19)28-15-20(24-25-28)17-6-4-16(5-7-17)14-27-9-3-8-26(2)10-11-27/h4-7,15,18-19,23H,3,8-14H2,1-2H3,(H,22,29)/t18-,19-/m0/s1. The van der Waals surface area contributed by atoms with Crippen molar-refractivity contribution >= 4 is 5.91 Å². The van der Waals surface area contributed by atoms with Crippen LogP contribution in [0.25, 0.3) is 11.3 Å². The molecule has 29 heavy (non-hydrogen) atoms. The fourth-order valence-electron chi connectivity index (χ4n) is 4.18. The minimum Gasteiger partial charge on any atom is -0.358 e. The van der Waals surface area contributed by atoms with E-state index in [9.17, 15) is 4.79 Å². The molecule has 2 aliphatic rings. The molecule has 1 aromatic heterocycles. The van der Waals surface area contributed by atoms with Crippen molar-refractivity contribution in [3.63, 3.8) is 0 Å². The van der Waals surface area contributed by atoms with E-state index in [4.69, 9.17) is 0 Å². The molecular formula is C21H31N7O. The lowest BCUT2D eigenvalue weighted by atomic mass is 10.1. The van der Waals surface area contributed by atoms with Crippen molar-refractivity contribution in [3.05, 3.63) is 36.0 Å². The van der Waals surface area contributed by atoms with E-state index in [0.29, 0.717) is 0 Å². The van der Waals surface area contributed by atoms with Gasteiger partial charge in [-0.3, -0.25) is 9.69 Å². The van der Waals surface area contributed by atoms with Crippen LogP contribution in [0.5, 0.6) is 0 Å². The van der Waals surface area contributed by atoms with E-state index in [0.717, 1.165) is 50.4 Å². The Morgan fingerprint density at radius 3 is 2.83 bits per heavy atom. The number of aromatic nitrogens is 3. The molecule has 0 spiro atoms. The number of hydrogen-bond acceptors (Lipinski definition) is 6. The molecule has 156 valence electrons. The van der Waals surface area contributed by atoms with Crippen LogP contribution in [0.15, 0.2) is 30.5 Å². The lowest BCUT2D eigenvalue weighted by Crippen LogP contribution is -2.38. The first-order valence-electron chi connectivity index (χ1n) is 10.5. The SMILES string of the molecule is CNC(=O)[C@@H]1C[C@H](n2cc(-c3ccc(CN4CCCN(C)CC4)cc3)nn2)CN1. The summed E-state index contributed by atoms with van der Waals surface area (Å²) in [4.78, 5) is 16.7. The summed E-state index contributed by atoms with van der Waals surface area (Å²) < 4.78 is 1.88. The number of nitrogens with zero attached hydrogens (tertiary/aromatic N) is 5. The molecule has 4 rings (SSSR count). The second-order valence-electron chi connectivity index (χ2n) is 8.18. The molecule has 0 aliphatic carbocycles. The number of nitrogens with one attached hydrogen (secondary N) is 2. The third-order valence-electron chi connectivity index (χ3n) is 6.02. The molecule has 0 radical (unpaired) electrons. The summed E-state index contributed by atoms with van der Waals surface area (Å²) in [6, 6.07) is 8.65. The Bertz CT molecular complexity index is 819. The fourth-order valence-corrected chi connectivity index (χ4v) is 4.18. The van der Waals surface area contributed by atoms with Crippen molar-refractivity contribution in [2.24, 2.45) is 0 Å². The third kappa shape index (κ3) is 4.83. The number of carbonyl (C=O) groups excluding carboxylic acids is 1. The van der Waals surface area contributed by atoms with E-state index >= 15 is 0 Å². The maximum Gasteiger partial charge on any atom is 0.236 e. The average Bonchev–Trinajstić information content (AvgIpc) is 3.37. The van der Waals surface area contributed by atoms with Gasteiger partial charge in [-0.15, -0.1) is 5.10 Å². The molecule has 8 heteroatoms. The number of carbonyl (C=O) groups is 1. The Kier molecular flexibility index (Phi) is 6.22. The molecule has 2 fully saturated rings. The molecule has 0 saturated carbocycles. The number of likely N-dealkylation sites (N-methyl/N-ethyl adjacent to an activating group) is 2. The van der Waals surface area contributed by atoms with Gasteiger partial charge in [0.25, 0.3) is 0 Å². The largest absolute Gasteiger partial charge is 0.358 e. The van der Waals surface area contributed by atoms with Crippen LogP contribution in [0.3, 0.4) is 0 Å². The first kappa shape index (κ1) is 20.0. The van der Waals surface area contributed by atoms with Gasteiger partial charge in [-0.1, -0.05) is 29.5 Å². The highest BCUT2D eigenvalue weighted by atomic mass is 16.2. The number of benzene rings is 1. The normalized spacial score (nSPS) is 23.8. The van der Waals surface area contributed by atoms with Gasteiger partial charge in [0, 0.05) is 38.8 Å². The van der Waals surface area contributed by atoms with Crippen molar-refractivity contribution in [2.45, 2.75) is 31.5 Å². The average molecular weight is 398 g/mol. The van der Waals surface area contributed by atoms with Gasteiger partial charge in [0.05, 0.1) is 18.3 Å². The molecule has 0 bridgehead atoms. The van der Waals surface area contributed by atoms with Crippen molar-refractivity contribution in [3.8, 4) is 11.3 Å². The van der Waals surface area contributed by atoms with Gasteiger partial charge in [-0.05, 0) is 38.5 Å². The van der Waals surface area contributed by atoms with Gasteiger partial charge < -0.3 is 15.5 Å². The van der Waals surface area contributed by atoms with E-state index in [1.54, 1.807) is 7.05 Å². The van der Waals surface area contributed by atoms with Crippen molar-refractivity contribution in [2.75, 3.05) is 46.8 Å². The highest BCUT2D eigenvalue weighted by Crippen LogP contribution is 2.23. The van der Waals surface area contributed by atoms with Gasteiger partial charge in [0.1, 0.15) is 5.69 Å². The zero-order valence-electron chi connectivity index (χ0n) is 17.3. The van der Waals surface area contributed by atoms with Crippen LogP contribution >= 0.6 is 0 Å². The Morgan fingerprint density at radius 1 is 1.21 bits per heavy atom. The molecule has 0 unspecified atom stereocenters. The summed E-state index contributed by atoms with van der Waals surface area (Å²) in [5.74, 6) is 0.0273. The second-order valence-corrected chi connectivity index (χ2v) is 8.18. The molecule has 3 heterocycles. The molecule has 2 N–H and O–H groups in total. The Hall–Kier alpha value is -2.29. The summed E-state index contributed by atoms with van der Waals surface area (Å²) in [5, 5.41) is 14.6. The summed E-state index contributed by atoms with van der Waals surface area (Å²) in [5.41, 5.74) is 3.28. The quantitative estimate of drug-likeness (QED) is 0.775. The van der Waals surface area contributed by atoms with Crippen LogP contribution in [-0.2, 0) is 11.3 Å². The molecule has 1 aromatic carbocycles. The van der Waals surface area contributed by atoms with E-state index in [-0.39, 0.29) is 18.0 Å². The van der Waals surface area contributed by atoms with Crippen LogP contribution in [0.2, 0.25) is 0 Å². The molecule has 2 atom stereocenters. The second kappa shape index (κ2) is 9.02. The fraction of sp³-hybridized carbons (Fsp3) is 0.571. The Balaban J connectivity index is 1.37. The van der Waals surface area contributed by atoms with E-state index in [1.807, 2.05) is 10.9 Å². The Morgan fingerprint density at radius 2 is 2.03 bits per heavy atom. The first-order valence-corrected chi connectivity index (χ1v) is 10.5. The van der Waals surface area contributed by atoms with Gasteiger partial charge >= 0.3 is 0 Å². The molecular weight excluding hydrogens is 366 g/mol. The molecule has 1 amide bonds. The molecule has 2 saturated heterocycles. The predicted molar refractivity (Wildman–Crippen MR) is 112 cm³/mol. The number of rotatable bonds is 5. The van der Waals surface area contributed by atoms with Crippen molar-refractivity contribution in [1.82, 2.24) is 35.4 Å². The Labute approximate surface area is 172 Å². The maximum atomic E-state index is 11.8. The zero-order valence-corrected chi connectivity index (χ0v) is 17.3. The number of amides is 1. The van der Waals surface area contributed by atoms with E-state index in [1.165, 1.54) is 18.5 Å². The monoisotopic (exact) mass is 397 g/mol. The van der Waals surface area contributed by atoms with Gasteiger partial charge in [0.2, 0.25) is 5.91 Å². The molecule has 8 nitrogen and oxygen atoms in total. The van der Waals surface area contributed by atoms with Crippen LogP contribution < -0.4 is 10.6 Å². The first-order chi connectivity index (χ1) is 14.1. The zero-order chi connectivity index (χ0) is 20.2.